The van der Waals surface area contributed by atoms with Crippen LogP contribution in [-0.2, 0) is 11.3 Å². The molecule has 1 fully saturated rings. The minimum Gasteiger partial charge on any atom is -0.475 e. The number of hydrogen-bond donors (Lipinski definition) is 2. The molecule has 2 rings (SSSR count). The summed E-state index contributed by atoms with van der Waals surface area (Å²) in [5, 5.41) is 17.7. The van der Waals surface area contributed by atoms with E-state index in [1.807, 2.05) is 0 Å². The monoisotopic (exact) mass is 317 g/mol. The zero-order chi connectivity index (χ0) is 15.2. The average Bonchev–Trinajstić information content (AvgIpc) is 3.05. The van der Waals surface area contributed by atoms with Crippen molar-refractivity contribution in [3.63, 3.8) is 0 Å². The number of hydrogen-bond acceptors (Lipinski definition) is 5. The second-order valence-electron chi connectivity index (χ2n) is 5.07. The molecule has 118 valence electrons. The van der Waals surface area contributed by atoms with Crippen LogP contribution >= 0.6 is 11.6 Å². The van der Waals surface area contributed by atoms with Crippen molar-refractivity contribution in [1.82, 2.24) is 4.90 Å². The highest BCUT2D eigenvalue weighted by Gasteiger charge is 2.32. The summed E-state index contributed by atoms with van der Waals surface area (Å²) in [4.78, 5) is 12.9. The van der Waals surface area contributed by atoms with Gasteiger partial charge >= 0.3 is 5.97 Å². The molecule has 7 heteroatoms. The van der Waals surface area contributed by atoms with E-state index in [0.29, 0.717) is 12.4 Å². The Morgan fingerprint density at radius 3 is 3.00 bits per heavy atom. The Balaban J connectivity index is 1.79. The van der Waals surface area contributed by atoms with E-state index >= 15 is 0 Å². The molecule has 1 aliphatic rings. The van der Waals surface area contributed by atoms with Gasteiger partial charge in [-0.3, -0.25) is 4.90 Å². The molecule has 1 aromatic heterocycles. The Labute approximate surface area is 128 Å². The van der Waals surface area contributed by atoms with E-state index in [9.17, 15) is 4.79 Å². The van der Waals surface area contributed by atoms with Gasteiger partial charge in [0.15, 0.2) is 0 Å². The Kier molecular flexibility index (Phi) is 6.05. The fraction of sp³-hybridized carbons (Fsp3) is 0.643. The Bertz CT molecular complexity index is 464. The largest absolute Gasteiger partial charge is 0.475 e. The Morgan fingerprint density at radius 2 is 2.33 bits per heavy atom. The third kappa shape index (κ3) is 4.44. The molecule has 2 atom stereocenters. The van der Waals surface area contributed by atoms with Crippen LogP contribution in [0.4, 0.5) is 0 Å². The number of carbonyl (C=O) groups is 1. The number of aliphatic hydroxyl groups is 1. The van der Waals surface area contributed by atoms with Crippen LogP contribution in [0, 0.1) is 0 Å². The van der Waals surface area contributed by atoms with Crippen molar-refractivity contribution < 1.29 is 24.2 Å². The molecule has 0 aliphatic carbocycles. The summed E-state index contributed by atoms with van der Waals surface area (Å²) in [5.74, 6) is -0.694. The summed E-state index contributed by atoms with van der Waals surface area (Å²) in [5.41, 5.74) is 0. The van der Waals surface area contributed by atoms with Crippen molar-refractivity contribution in [2.24, 2.45) is 0 Å². The normalized spacial score (nSPS) is 22.8. The first kappa shape index (κ1) is 16.3. The summed E-state index contributed by atoms with van der Waals surface area (Å²) in [6, 6.07) is 3.13. The number of aromatic carboxylic acids is 1. The van der Waals surface area contributed by atoms with Crippen molar-refractivity contribution >= 4 is 17.6 Å². The minimum atomic E-state index is -1.09. The van der Waals surface area contributed by atoms with Crippen LogP contribution in [0.2, 0.25) is 0 Å². The first-order valence-electron chi connectivity index (χ1n) is 7.00. The molecule has 0 spiro atoms. The molecule has 1 aromatic rings. The van der Waals surface area contributed by atoms with Gasteiger partial charge in [0, 0.05) is 25.7 Å². The average molecular weight is 318 g/mol. The molecule has 0 saturated carbocycles. The van der Waals surface area contributed by atoms with Gasteiger partial charge in [-0.25, -0.2) is 4.79 Å². The molecule has 0 amide bonds. The van der Waals surface area contributed by atoms with E-state index in [-0.39, 0.29) is 30.4 Å². The van der Waals surface area contributed by atoms with E-state index in [0.717, 1.165) is 25.9 Å². The molecule has 1 saturated heterocycles. The number of ether oxygens (including phenoxy) is 1. The first-order valence-corrected chi connectivity index (χ1v) is 7.44. The van der Waals surface area contributed by atoms with Crippen LogP contribution in [0.5, 0.6) is 0 Å². The highest BCUT2D eigenvalue weighted by Crippen LogP contribution is 2.23. The van der Waals surface area contributed by atoms with E-state index in [4.69, 9.17) is 31.0 Å². The van der Waals surface area contributed by atoms with E-state index in [1.54, 1.807) is 6.07 Å². The van der Waals surface area contributed by atoms with Crippen LogP contribution in [0.15, 0.2) is 16.5 Å². The molecule has 2 heterocycles. The van der Waals surface area contributed by atoms with Gasteiger partial charge in [-0.15, -0.1) is 11.6 Å². The highest BCUT2D eigenvalue weighted by molar-refractivity contribution is 6.21. The molecule has 0 radical (unpaired) electrons. The number of alkyl halides is 1. The lowest BCUT2D eigenvalue weighted by Crippen LogP contribution is -2.38. The SMILES string of the molecule is O=C(O)c1ccc(COC[C@H]2[C@H](Cl)CCN2CCCO)o1. The predicted molar refractivity (Wildman–Crippen MR) is 76.6 cm³/mol. The number of halogens is 1. The second kappa shape index (κ2) is 7.79. The number of aliphatic hydroxyl groups excluding tert-OH is 1. The Morgan fingerprint density at radius 1 is 1.52 bits per heavy atom. The maximum absolute atomic E-state index is 10.7. The topological polar surface area (TPSA) is 83.1 Å². The number of nitrogens with zero attached hydrogens (tertiary/aromatic N) is 1. The summed E-state index contributed by atoms with van der Waals surface area (Å²) >= 11 is 6.29. The molecular weight excluding hydrogens is 298 g/mol. The lowest BCUT2D eigenvalue weighted by molar-refractivity contribution is 0.0536. The summed E-state index contributed by atoms with van der Waals surface area (Å²) < 4.78 is 10.7. The van der Waals surface area contributed by atoms with E-state index in [1.165, 1.54) is 6.07 Å². The number of rotatable bonds is 8. The predicted octanol–water partition coefficient (Wildman–Crippen LogP) is 1.56. The standard InChI is InChI=1S/C14H20ClNO5/c15-11-4-6-16(5-1-7-17)12(11)9-20-8-10-2-3-13(21-10)14(18)19/h2-3,11-12,17H,1,4-9H2,(H,18,19)/t11-,12+/m1/s1. The van der Waals surface area contributed by atoms with Crippen LogP contribution < -0.4 is 0 Å². The van der Waals surface area contributed by atoms with Gasteiger partial charge in [0.1, 0.15) is 12.4 Å². The summed E-state index contributed by atoms with van der Waals surface area (Å²) in [6.07, 6.45) is 1.63. The van der Waals surface area contributed by atoms with Crippen LogP contribution in [0.3, 0.4) is 0 Å². The van der Waals surface area contributed by atoms with Gasteiger partial charge in [0.2, 0.25) is 5.76 Å². The second-order valence-corrected chi connectivity index (χ2v) is 5.63. The van der Waals surface area contributed by atoms with Gasteiger partial charge in [0.05, 0.1) is 12.0 Å². The number of carboxylic acid groups (broad SMARTS) is 1. The molecule has 1 aliphatic heterocycles. The highest BCUT2D eigenvalue weighted by atomic mass is 35.5. The van der Waals surface area contributed by atoms with Gasteiger partial charge < -0.3 is 19.4 Å². The number of carboxylic acids is 1. The minimum absolute atomic E-state index is 0.0369. The fourth-order valence-electron chi connectivity index (χ4n) is 2.49. The number of furan rings is 1. The van der Waals surface area contributed by atoms with Crippen LogP contribution in [-0.4, -0.2) is 58.8 Å². The van der Waals surface area contributed by atoms with Gasteiger partial charge in [0.25, 0.3) is 0 Å². The molecule has 6 nitrogen and oxygen atoms in total. The molecule has 0 bridgehead atoms. The van der Waals surface area contributed by atoms with E-state index < -0.39 is 5.97 Å². The zero-order valence-corrected chi connectivity index (χ0v) is 12.5. The van der Waals surface area contributed by atoms with Crippen LogP contribution in [0.25, 0.3) is 0 Å². The van der Waals surface area contributed by atoms with Gasteiger partial charge in [-0.05, 0) is 25.0 Å². The quantitative estimate of drug-likeness (QED) is 0.708. The third-order valence-electron chi connectivity index (χ3n) is 3.59. The zero-order valence-electron chi connectivity index (χ0n) is 11.7. The smallest absolute Gasteiger partial charge is 0.371 e. The number of likely N-dealkylation sites (tertiary alicyclic amines) is 1. The molecule has 0 unspecified atom stereocenters. The lowest BCUT2D eigenvalue weighted by Gasteiger charge is -2.25. The molecule has 21 heavy (non-hydrogen) atoms. The van der Waals surface area contributed by atoms with Crippen molar-refractivity contribution in [2.45, 2.75) is 30.9 Å². The van der Waals surface area contributed by atoms with Crippen molar-refractivity contribution in [1.29, 1.82) is 0 Å². The maximum Gasteiger partial charge on any atom is 0.371 e. The lowest BCUT2D eigenvalue weighted by atomic mass is 10.2. The van der Waals surface area contributed by atoms with Gasteiger partial charge in [-0.2, -0.15) is 0 Å². The Hall–Kier alpha value is -1.08. The van der Waals surface area contributed by atoms with Crippen molar-refractivity contribution in [2.75, 3.05) is 26.3 Å². The third-order valence-corrected chi connectivity index (χ3v) is 4.10. The maximum atomic E-state index is 10.7. The van der Waals surface area contributed by atoms with Crippen molar-refractivity contribution in [3.05, 3.63) is 23.7 Å². The molecule has 2 N–H and O–H groups in total. The van der Waals surface area contributed by atoms with Gasteiger partial charge in [-0.1, -0.05) is 0 Å². The fourth-order valence-corrected chi connectivity index (χ4v) is 2.82. The van der Waals surface area contributed by atoms with Crippen molar-refractivity contribution in [3.8, 4) is 0 Å². The van der Waals surface area contributed by atoms with E-state index in [2.05, 4.69) is 4.90 Å². The van der Waals surface area contributed by atoms with Crippen LogP contribution in [0.1, 0.15) is 29.2 Å². The summed E-state index contributed by atoms with van der Waals surface area (Å²) in [7, 11) is 0. The molecule has 0 aromatic carbocycles. The summed E-state index contributed by atoms with van der Waals surface area (Å²) in [6.45, 7) is 2.56. The molecular formula is C14H20ClNO5. The first-order chi connectivity index (χ1) is 10.1.